The molecule has 12 nitrogen and oxygen atoms in total. The third kappa shape index (κ3) is 11.9. The summed E-state index contributed by atoms with van der Waals surface area (Å²) >= 11 is 0. The molecule has 2 aromatic rings. The number of carbonyl (C=O) groups is 3. The number of carbonyl (C=O) groups excluding carboxylic acids is 5. The molecule has 2 aromatic carbocycles. The second kappa shape index (κ2) is 18.9. The number of methoxy groups -OCH3 is 5. The van der Waals surface area contributed by atoms with Gasteiger partial charge in [0.25, 0.3) is 0 Å². The second-order valence-electron chi connectivity index (χ2n) is 6.55. The Morgan fingerprint density at radius 2 is 1.10 bits per heavy atom. The molecular weight excluding hydrogens is 542 g/mol. The van der Waals surface area contributed by atoms with Gasteiger partial charge in [0.05, 0.1) is 41.6 Å². The van der Waals surface area contributed by atoms with Crippen molar-refractivity contribution in [3.8, 4) is 23.0 Å². The van der Waals surface area contributed by atoms with Crippen molar-refractivity contribution in [1.29, 1.82) is 0 Å². The van der Waals surface area contributed by atoms with Crippen LogP contribution in [-0.2, 0) is 38.2 Å². The smallest absolute Gasteiger partial charge is 0.374 e. The molecule has 0 heterocycles. The molecule has 0 saturated heterocycles. The van der Waals surface area contributed by atoms with Crippen LogP contribution in [0.2, 0.25) is 0 Å². The highest BCUT2D eigenvalue weighted by Gasteiger charge is 2.16. The molecule has 0 atom stereocenters. The molecule has 40 heavy (non-hydrogen) atoms. The molecule has 0 spiro atoms. The number of allylic oxidation sites excluding steroid dienone is 1. The van der Waals surface area contributed by atoms with Gasteiger partial charge in [-0.25, -0.2) is 23.2 Å². The van der Waals surface area contributed by atoms with Crippen LogP contribution < -0.4 is 18.9 Å². The molecule has 0 aliphatic heterocycles. The molecule has 0 aromatic heterocycles. The number of ether oxygens (including phenoxy) is 7. The predicted octanol–water partition coefficient (Wildman–Crippen LogP) is 3.15. The summed E-state index contributed by atoms with van der Waals surface area (Å²) in [6.45, 7) is 1.62. The Hall–Kier alpha value is -5.23. The molecule has 0 amide bonds. The van der Waals surface area contributed by atoms with E-state index >= 15 is 0 Å². The van der Waals surface area contributed by atoms with Gasteiger partial charge in [0.15, 0.2) is 23.1 Å². The standard InChI is InChI=1S/C13H13FO6.C12H13FO4.CO2/c1-17-10-5-4-8(6-9(10)14)20-11(13(16)19-3)7-12(15)18-2;1-4-10(12(14)16-3)17-8-5-6-11(15-2)9(13)7-8;2-1-3/h4-7H,1-3H3;4-7H,1-3H3;/b11-7+;10-4-;. The van der Waals surface area contributed by atoms with Crippen molar-refractivity contribution in [3.63, 3.8) is 0 Å². The van der Waals surface area contributed by atoms with Gasteiger partial charge in [-0.1, -0.05) is 0 Å². The highest BCUT2D eigenvalue weighted by Crippen LogP contribution is 2.25. The number of hydrogen-bond acceptors (Lipinski definition) is 12. The van der Waals surface area contributed by atoms with E-state index in [2.05, 4.69) is 14.2 Å². The van der Waals surface area contributed by atoms with Gasteiger partial charge >= 0.3 is 24.1 Å². The van der Waals surface area contributed by atoms with Crippen molar-refractivity contribution in [2.45, 2.75) is 6.92 Å². The SMILES string of the molecule is C/C=C(\Oc1ccc(OC)c(F)c1)C(=O)OC.COC(=O)/C=C(/Oc1ccc(OC)c(F)c1)C(=O)OC.O=C=O. The quantitative estimate of drug-likeness (QED) is 0.189. The van der Waals surface area contributed by atoms with Gasteiger partial charge in [0.1, 0.15) is 11.5 Å². The first-order chi connectivity index (χ1) is 19.0. The van der Waals surface area contributed by atoms with E-state index < -0.39 is 35.3 Å². The average molecular weight is 568 g/mol. The first-order valence-electron chi connectivity index (χ1n) is 10.7. The number of esters is 3. The van der Waals surface area contributed by atoms with Gasteiger partial charge in [-0.05, 0) is 37.3 Å². The highest BCUT2D eigenvalue weighted by molar-refractivity contribution is 5.95. The maximum absolute atomic E-state index is 13.5. The Bertz CT molecular complexity index is 1250. The van der Waals surface area contributed by atoms with Crippen LogP contribution in [0.4, 0.5) is 8.78 Å². The fourth-order valence-corrected chi connectivity index (χ4v) is 2.39. The Morgan fingerprint density at radius 1 is 0.700 bits per heavy atom. The molecule has 0 bridgehead atoms. The summed E-state index contributed by atoms with van der Waals surface area (Å²) in [7, 11) is 6.18. The first kappa shape index (κ1) is 34.8. The van der Waals surface area contributed by atoms with Crippen molar-refractivity contribution >= 4 is 24.1 Å². The zero-order valence-corrected chi connectivity index (χ0v) is 22.3. The lowest BCUT2D eigenvalue weighted by atomic mass is 10.3. The van der Waals surface area contributed by atoms with E-state index in [1.165, 1.54) is 51.7 Å². The third-order valence-corrected chi connectivity index (χ3v) is 4.19. The van der Waals surface area contributed by atoms with E-state index in [4.69, 9.17) is 28.5 Å². The van der Waals surface area contributed by atoms with E-state index in [1.54, 1.807) is 6.92 Å². The zero-order chi connectivity index (χ0) is 30.7. The molecule has 0 radical (unpaired) electrons. The average Bonchev–Trinajstić information content (AvgIpc) is 2.95. The van der Waals surface area contributed by atoms with E-state index in [-0.39, 0.29) is 34.9 Å². The van der Waals surface area contributed by atoms with Crippen LogP contribution in [0.25, 0.3) is 0 Å². The van der Waals surface area contributed by atoms with Crippen LogP contribution >= 0.6 is 0 Å². The van der Waals surface area contributed by atoms with Gasteiger partial charge in [0, 0.05) is 12.1 Å². The molecule has 216 valence electrons. The topological polar surface area (TPSA) is 150 Å². The van der Waals surface area contributed by atoms with E-state index in [1.807, 2.05) is 0 Å². The number of benzene rings is 2. The summed E-state index contributed by atoms with van der Waals surface area (Å²) in [4.78, 5) is 50.0. The molecule has 0 aliphatic carbocycles. The lowest BCUT2D eigenvalue weighted by Gasteiger charge is -2.09. The number of halogens is 2. The summed E-state index contributed by atoms with van der Waals surface area (Å²) in [6, 6.07) is 7.73. The van der Waals surface area contributed by atoms with Gasteiger partial charge in [-0.15, -0.1) is 0 Å². The normalized spacial score (nSPS) is 10.2. The van der Waals surface area contributed by atoms with Crippen molar-refractivity contribution < 1.29 is 65.9 Å². The summed E-state index contributed by atoms with van der Waals surface area (Å²) in [6.07, 6.45) is 2.49. The minimum absolute atomic E-state index is 0.00272. The van der Waals surface area contributed by atoms with Gasteiger partial charge in [-0.3, -0.25) is 0 Å². The van der Waals surface area contributed by atoms with Crippen LogP contribution in [0.15, 0.2) is 60.1 Å². The largest absolute Gasteiger partial charge is 0.494 e. The molecule has 0 unspecified atom stereocenters. The van der Waals surface area contributed by atoms with Gasteiger partial charge in [-0.2, -0.15) is 9.59 Å². The number of hydrogen-bond donors (Lipinski definition) is 0. The monoisotopic (exact) mass is 568 g/mol. The second-order valence-corrected chi connectivity index (χ2v) is 6.55. The first-order valence-corrected chi connectivity index (χ1v) is 10.7. The lowest BCUT2D eigenvalue weighted by Crippen LogP contribution is -2.13. The molecular formula is C26H26F2O12. The summed E-state index contributed by atoms with van der Waals surface area (Å²) in [5, 5.41) is 0. The molecule has 0 aliphatic rings. The lowest BCUT2D eigenvalue weighted by molar-refractivity contribution is -0.191. The van der Waals surface area contributed by atoms with Crippen LogP contribution in [-0.4, -0.2) is 59.6 Å². The summed E-state index contributed by atoms with van der Waals surface area (Å²) in [5.41, 5.74) is 0. The van der Waals surface area contributed by atoms with Crippen LogP contribution in [0.3, 0.4) is 0 Å². The molecule has 0 fully saturated rings. The maximum Gasteiger partial charge on any atom is 0.374 e. The van der Waals surface area contributed by atoms with Crippen molar-refractivity contribution in [3.05, 3.63) is 71.7 Å². The van der Waals surface area contributed by atoms with Crippen molar-refractivity contribution in [2.24, 2.45) is 0 Å². The Morgan fingerprint density at radius 3 is 1.43 bits per heavy atom. The molecule has 2 rings (SSSR count). The minimum Gasteiger partial charge on any atom is -0.494 e. The van der Waals surface area contributed by atoms with Crippen molar-refractivity contribution in [2.75, 3.05) is 35.5 Å². The van der Waals surface area contributed by atoms with Gasteiger partial charge < -0.3 is 33.2 Å². The fourth-order valence-electron chi connectivity index (χ4n) is 2.39. The Balaban J connectivity index is 0.000000699. The predicted molar refractivity (Wildman–Crippen MR) is 130 cm³/mol. The Labute approximate surface area is 227 Å². The van der Waals surface area contributed by atoms with Crippen molar-refractivity contribution in [1.82, 2.24) is 0 Å². The van der Waals surface area contributed by atoms with Crippen LogP contribution in [0, 0.1) is 11.6 Å². The molecule has 14 heteroatoms. The summed E-state index contributed by atoms with van der Waals surface area (Å²) in [5.74, 6) is -3.66. The van der Waals surface area contributed by atoms with Gasteiger partial charge in [0.2, 0.25) is 11.5 Å². The third-order valence-electron chi connectivity index (χ3n) is 4.19. The van der Waals surface area contributed by atoms with E-state index in [0.717, 1.165) is 32.4 Å². The minimum atomic E-state index is -0.897. The molecule has 0 N–H and O–H groups in total. The fraction of sp³-hybridized carbons (Fsp3) is 0.231. The zero-order valence-electron chi connectivity index (χ0n) is 22.3. The van der Waals surface area contributed by atoms with Crippen LogP contribution in [0.5, 0.6) is 23.0 Å². The van der Waals surface area contributed by atoms with E-state index in [0.29, 0.717) is 0 Å². The van der Waals surface area contributed by atoms with Crippen LogP contribution in [0.1, 0.15) is 6.92 Å². The number of rotatable bonds is 9. The van der Waals surface area contributed by atoms with E-state index in [9.17, 15) is 23.2 Å². The Kier molecular flexibility index (Phi) is 16.5. The maximum atomic E-state index is 13.5. The summed E-state index contributed by atoms with van der Waals surface area (Å²) < 4.78 is 60.0. The highest BCUT2D eigenvalue weighted by atomic mass is 19.1. The molecule has 0 saturated carbocycles.